The second kappa shape index (κ2) is 27.6. The molecule has 0 unspecified atom stereocenters. The smallest absolute Gasteiger partial charge is 0.311 e. The predicted octanol–water partition coefficient (Wildman–Crippen LogP) is 0.936. The molecule has 18 heteroatoms. The summed E-state index contributed by atoms with van der Waals surface area (Å²) in [4.78, 5) is 25.1. The number of hydrogen-bond acceptors (Lipinski definition) is 17. The van der Waals surface area contributed by atoms with Gasteiger partial charge in [-0.1, -0.05) is 86.8 Å². The maximum Gasteiger partial charge on any atom is 0.311 e. The second-order valence-electron chi connectivity index (χ2n) is 17.8. The van der Waals surface area contributed by atoms with Gasteiger partial charge < -0.3 is 80.9 Å². The number of carboxylic acids is 1. The summed E-state index contributed by atoms with van der Waals surface area (Å²) in [5.74, 6) is -6.82. The molecule has 0 spiro atoms. The van der Waals surface area contributed by atoms with Crippen LogP contribution >= 0.6 is 0 Å². The fraction of sp³-hybridized carbons (Fsp3) is 0.702. The average molecular weight is 926 g/mol. The molecule has 3 heterocycles. The first kappa shape index (κ1) is 56.1. The number of fused-ring (bicyclic) bond motifs is 2. The van der Waals surface area contributed by atoms with Crippen LogP contribution in [0.5, 0.6) is 0 Å². The van der Waals surface area contributed by atoms with Crippen molar-refractivity contribution in [1.29, 1.82) is 0 Å². The summed E-state index contributed by atoms with van der Waals surface area (Å²) in [7, 11) is 0. The third kappa shape index (κ3) is 18.8. The lowest BCUT2D eigenvalue weighted by atomic mass is 9.82. The van der Waals surface area contributed by atoms with Gasteiger partial charge in [0, 0.05) is 31.1 Å². The van der Waals surface area contributed by atoms with E-state index in [2.05, 4.69) is 0 Å². The van der Waals surface area contributed by atoms with Crippen molar-refractivity contribution in [1.82, 2.24) is 0 Å². The first-order valence-corrected chi connectivity index (χ1v) is 22.6. The van der Waals surface area contributed by atoms with Crippen LogP contribution in [-0.4, -0.2) is 166 Å². The highest BCUT2D eigenvalue weighted by Gasteiger charge is 2.51. The van der Waals surface area contributed by atoms with E-state index in [0.717, 1.165) is 12.8 Å². The van der Waals surface area contributed by atoms with Gasteiger partial charge in [-0.15, -0.1) is 0 Å². The number of carbonyl (C=O) groups excluding carboxylic acids is 1. The summed E-state index contributed by atoms with van der Waals surface area (Å²) in [6, 6.07) is -1.14. The van der Waals surface area contributed by atoms with E-state index < -0.39 is 141 Å². The topological polar surface area (TPSA) is 320 Å². The zero-order chi connectivity index (χ0) is 48.4. The minimum absolute atomic E-state index is 0.138. The van der Waals surface area contributed by atoms with Crippen LogP contribution < -0.4 is 5.73 Å². The number of rotatable bonds is 3. The second-order valence-corrected chi connectivity index (χ2v) is 17.8. The van der Waals surface area contributed by atoms with Crippen molar-refractivity contribution in [3.8, 4) is 0 Å². The van der Waals surface area contributed by atoms with Gasteiger partial charge in [0.05, 0.1) is 79.6 Å². The third-order valence-electron chi connectivity index (χ3n) is 12.2. The van der Waals surface area contributed by atoms with Gasteiger partial charge in [0.25, 0.3) is 0 Å². The van der Waals surface area contributed by atoms with Crippen molar-refractivity contribution in [2.24, 2.45) is 23.5 Å². The molecule has 65 heavy (non-hydrogen) atoms. The van der Waals surface area contributed by atoms with E-state index in [1.54, 1.807) is 38.2 Å². The number of hydrogen-bond donors (Lipinski definition) is 12. The Morgan fingerprint density at radius 3 is 1.94 bits per heavy atom. The quantitative estimate of drug-likeness (QED) is 0.175. The van der Waals surface area contributed by atoms with Crippen LogP contribution in [0.1, 0.15) is 91.9 Å². The molecule has 2 saturated heterocycles. The van der Waals surface area contributed by atoms with Gasteiger partial charge in [-0.3, -0.25) is 9.59 Å². The van der Waals surface area contributed by atoms with Gasteiger partial charge in [-0.25, -0.2) is 0 Å². The number of ether oxygens (including phenoxy) is 4. The SMILES string of the molecule is C[C@@H]1[C@H](O)[C@@H](C)/C=C/C=C/CC/C=C/C=C/C=C/C=C[C@H](O[C@@H]2O[C@H](C)[C@@H](O)[C@H](N)[C@@H]2O)C[C@@H]2O[C@](O)(C[C@@H](O)[C@H](O)CC[C@@H](O)C[C@@H](O)C[C@@H](O)CC(=O)O[C@H]1C)C[C@H](O)[C@H]2C(=O)O. The molecule has 18 nitrogen and oxygen atoms in total. The first-order valence-electron chi connectivity index (χ1n) is 22.6. The van der Waals surface area contributed by atoms with Crippen molar-refractivity contribution in [2.75, 3.05) is 0 Å². The molecule has 3 rings (SSSR count). The Morgan fingerprint density at radius 1 is 0.692 bits per heavy atom. The number of carboxylic acid groups (broad SMARTS) is 1. The molecule has 3 aliphatic heterocycles. The summed E-state index contributed by atoms with van der Waals surface area (Å²) in [6.45, 7) is 6.78. The summed E-state index contributed by atoms with van der Waals surface area (Å²) in [5.41, 5.74) is 6.02. The van der Waals surface area contributed by atoms with Crippen molar-refractivity contribution in [2.45, 2.75) is 189 Å². The lowest BCUT2D eigenvalue weighted by molar-refractivity contribution is -0.310. The molecule has 3 aliphatic rings. The number of nitrogens with two attached hydrogens (primary N) is 1. The van der Waals surface area contributed by atoms with Gasteiger partial charge in [-0.05, 0) is 52.4 Å². The molecule has 0 aromatic heterocycles. The molecule has 370 valence electrons. The van der Waals surface area contributed by atoms with Crippen molar-refractivity contribution in [3.63, 3.8) is 0 Å². The number of allylic oxidation sites excluding steroid dienone is 10. The van der Waals surface area contributed by atoms with Crippen LogP contribution in [0.4, 0.5) is 0 Å². The highest BCUT2D eigenvalue weighted by Crippen LogP contribution is 2.38. The third-order valence-corrected chi connectivity index (χ3v) is 12.2. The minimum atomic E-state index is -2.35. The van der Waals surface area contributed by atoms with E-state index in [0.29, 0.717) is 0 Å². The number of aliphatic carboxylic acids is 1. The standard InChI is InChI=1S/C47H75NO17/c1-27-17-15-13-11-9-7-5-6-8-10-12-14-16-18-34(64-46-44(58)41(48)43(57)30(4)63-46)24-38-40(45(59)60)37(54)26-47(61,65-38)25-36(53)35(52)20-19-31(49)21-32(50)22-33(51)23-39(55)62-29(3)28(2)42(27)56/h5-6,8,10-18,27-38,40-44,46,49-54,56-58,61H,7,9,19-26,48H2,1-4H3,(H,59,60)/b6-5+,10-8+,13-11+,14-12+,17-15+,18-16?/t27-,28-,29-,30+,31+,32+,33+,34-,35+,36+,37-,38-,40+,41-,42+,43+,44-,46-,47+/m0/s1. The van der Waals surface area contributed by atoms with Crippen LogP contribution in [0.3, 0.4) is 0 Å². The van der Waals surface area contributed by atoms with E-state index in [-0.39, 0.29) is 38.0 Å². The van der Waals surface area contributed by atoms with E-state index >= 15 is 0 Å². The van der Waals surface area contributed by atoms with Crippen LogP contribution in [0.2, 0.25) is 0 Å². The lowest BCUT2D eigenvalue weighted by Gasteiger charge is -2.45. The van der Waals surface area contributed by atoms with E-state index in [9.17, 15) is 65.8 Å². The van der Waals surface area contributed by atoms with Crippen molar-refractivity contribution < 1.29 is 84.7 Å². The number of aliphatic hydroxyl groups is 10. The van der Waals surface area contributed by atoms with Crippen LogP contribution in [-0.2, 0) is 28.5 Å². The normalized spacial score (nSPS) is 44.8. The molecule has 0 aliphatic carbocycles. The number of cyclic esters (lactones) is 1. The maximum absolute atomic E-state index is 12.6. The minimum Gasteiger partial charge on any atom is -0.481 e. The predicted molar refractivity (Wildman–Crippen MR) is 237 cm³/mol. The van der Waals surface area contributed by atoms with Gasteiger partial charge in [0.1, 0.15) is 18.1 Å². The summed E-state index contributed by atoms with van der Waals surface area (Å²) in [5, 5.41) is 118. The fourth-order valence-corrected chi connectivity index (χ4v) is 8.11. The highest BCUT2D eigenvalue weighted by atomic mass is 16.7. The molecule has 0 aromatic carbocycles. The summed E-state index contributed by atoms with van der Waals surface area (Å²) >= 11 is 0. The molecule has 19 atom stereocenters. The van der Waals surface area contributed by atoms with E-state index in [1.165, 1.54) is 13.0 Å². The zero-order valence-electron chi connectivity index (χ0n) is 37.8. The van der Waals surface area contributed by atoms with Gasteiger partial charge in [0.2, 0.25) is 0 Å². The molecule has 2 bridgehead atoms. The fourth-order valence-electron chi connectivity index (χ4n) is 8.11. The molecular weight excluding hydrogens is 851 g/mol. The molecule has 13 N–H and O–H groups in total. The first-order chi connectivity index (χ1) is 30.6. The lowest BCUT2D eigenvalue weighted by Crippen LogP contribution is -2.61. The van der Waals surface area contributed by atoms with Crippen molar-refractivity contribution >= 4 is 11.9 Å². The molecule has 2 fully saturated rings. The van der Waals surface area contributed by atoms with E-state index in [4.69, 9.17) is 24.7 Å². The van der Waals surface area contributed by atoms with Crippen LogP contribution in [0, 0.1) is 17.8 Å². The Hall–Kier alpha value is -3.18. The monoisotopic (exact) mass is 926 g/mol. The molecular formula is C47H75NO17. The highest BCUT2D eigenvalue weighted by molar-refractivity contribution is 5.71. The summed E-state index contributed by atoms with van der Waals surface area (Å²) in [6.07, 6.45) is 2.28. The van der Waals surface area contributed by atoms with Gasteiger partial charge in [0.15, 0.2) is 12.1 Å². The van der Waals surface area contributed by atoms with Gasteiger partial charge >= 0.3 is 11.9 Å². The van der Waals surface area contributed by atoms with Crippen LogP contribution in [0.15, 0.2) is 72.9 Å². The largest absolute Gasteiger partial charge is 0.481 e. The van der Waals surface area contributed by atoms with Gasteiger partial charge in [-0.2, -0.15) is 0 Å². The Labute approximate surface area is 381 Å². The number of esters is 1. The Balaban J connectivity index is 1.84. The molecule has 0 saturated carbocycles. The molecule has 0 amide bonds. The maximum atomic E-state index is 12.6. The van der Waals surface area contributed by atoms with Crippen molar-refractivity contribution in [3.05, 3.63) is 72.9 Å². The Kier molecular flexibility index (Phi) is 23.8. The molecule has 0 radical (unpaired) electrons. The van der Waals surface area contributed by atoms with E-state index in [1.807, 2.05) is 49.5 Å². The zero-order valence-corrected chi connectivity index (χ0v) is 37.8. The Morgan fingerprint density at radius 2 is 1.28 bits per heavy atom. The van der Waals surface area contributed by atoms with Crippen LogP contribution in [0.25, 0.3) is 0 Å². The summed E-state index contributed by atoms with van der Waals surface area (Å²) < 4.78 is 23.2. The molecule has 0 aromatic rings. The average Bonchev–Trinajstić information content (AvgIpc) is 3.21. The Bertz CT molecular complexity index is 1620. The number of aliphatic hydroxyl groups excluding tert-OH is 9. The number of carbonyl (C=O) groups is 2.